The molecule has 1 heterocycles. The molecule has 0 aliphatic heterocycles. The van der Waals surface area contributed by atoms with Gasteiger partial charge in [0.05, 0.1) is 24.0 Å². The number of carbonyl (C=O) groups is 2. The average molecular weight is 445 g/mol. The van der Waals surface area contributed by atoms with Gasteiger partial charge in [0.2, 0.25) is 11.8 Å². The second kappa shape index (κ2) is 11.4. The monoisotopic (exact) mass is 444 g/mol. The Bertz CT molecular complexity index is 1020. The number of carbonyl (C=O) groups excluding carboxylic acids is 2. The summed E-state index contributed by atoms with van der Waals surface area (Å²) in [6.45, 7) is 9.00. The Balaban J connectivity index is 2.49. The SMILES string of the molecule is CCCOc1ccc(NC(=O)C(NC(C)=O)C(C)O)cc1-c1nc(CC)c(CC)c(=O)[nH]1. The summed E-state index contributed by atoms with van der Waals surface area (Å²) in [5, 5.41) is 15.0. The molecule has 1 aromatic carbocycles. The molecule has 9 heteroatoms. The molecule has 0 fully saturated rings. The highest BCUT2D eigenvalue weighted by Gasteiger charge is 2.25. The average Bonchev–Trinajstić information content (AvgIpc) is 2.75. The van der Waals surface area contributed by atoms with Crippen LogP contribution in [0.25, 0.3) is 11.4 Å². The quantitative estimate of drug-likeness (QED) is 0.444. The van der Waals surface area contributed by atoms with Crippen molar-refractivity contribution in [1.29, 1.82) is 0 Å². The Labute approximate surface area is 187 Å². The molecule has 2 unspecified atom stereocenters. The number of anilines is 1. The van der Waals surface area contributed by atoms with Gasteiger partial charge in [-0.25, -0.2) is 4.98 Å². The van der Waals surface area contributed by atoms with Crippen molar-refractivity contribution >= 4 is 17.5 Å². The summed E-state index contributed by atoms with van der Waals surface area (Å²) >= 11 is 0. The van der Waals surface area contributed by atoms with E-state index in [0.717, 1.165) is 6.42 Å². The van der Waals surface area contributed by atoms with Crippen molar-refractivity contribution in [3.8, 4) is 17.1 Å². The Morgan fingerprint density at radius 2 is 1.94 bits per heavy atom. The van der Waals surface area contributed by atoms with E-state index in [0.29, 0.717) is 53.5 Å². The second-order valence-electron chi connectivity index (χ2n) is 7.51. The van der Waals surface area contributed by atoms with Crippen molar-refractivity contribution in [2.45, 2.75) is 66.0 Å². The summed E-state index contributed by atoms with van der Waals surface area (Å²) in [7, 11) is 0. The lowest BCUT2D eigenvalue weighted by Gasteiger charge is -2.20. The Kier molecular flexibility index (Phi) is 8.95. The van der Waals surface area contributed by atoms with Crippen molar-refractivity contribution in [3.63, 3.8) is 0 Å². The molecule has 4 N–H and O–H groups in total. The number of ether oxygens (including phenoxy) is 1. The molecule has 2 rings (SSSR count). The molecule has 0 spiro atoms. The van der Waals surface area contributed by atoms with Crippen molar-refractivity contribution < 1.29 is 19.4 Å². The summed E-state index contributed by atoms with van der Waals surface area (Å²) in [6.07, 6.45) is 0.889. The van der Waals surface area contributed by atoms with Crippen molar-refractivity contribution in [2.24, 2.45) is 0 Å². The molecule has 0 radical (unpaired) electrons. The van der Waals surface area contributed by atoms with Gasteiger partial charge in [0.1, 0.15) is 17.6 Å². The fraction of sp³-hybridized carbons (Fsp3) is 0.478. The summed E-state index contributed by atoms with van der Waals surface area (Å²) in [5.74, 6) is -0.131. The van der Waals surface area contributed by atoms with Crippen LogP contribution in [0.4, 0.5) is 5.69 Å². The van der Waals surface area contributed by atoms with E-state index >= 15 is 0 Å². The molecule has 0 aliphatic carbocycles. The zero-order chi connectivity index (χ0) is 23.8. The summed E-state index contributed by atoms with van der Waals surface area (Å²) < 4.78 is 5.84. The minimum absolute atomic E-state index is 0.204. The lowest BCUT2D eigenvalue weighted by Crippen LogP contribution is -2.49. The van der Waals surface area contributed by atoms with Crippen molar-refractivity contribution in [3.05, 3.63) is 39.8 Å². The molecule has 0 saturated carbocycles. The zero-order valence-electron chi connectivity index (χ0n) is 19.2. The summed E-state index contributed by atoms with van der Waals surface area (Å²) in [6, 6.07) is 3.88. The largest absolute Gasteiger partial charge is 0.493 e. The normalized spacial score (nSPS) is 12.7. The fourth-order valence-corrected chi connectivity index (χ4v) is 3.30. The van der Waals surface area contributed by atoms with Gasteiger partial charge in [0.15, 0.2) is 0 Å². The Morgan fingerprint density at radius 1 is 1.22 bits per heavy atom. The van der Waals surface area contributed by atoms with Crippen molar-refractivity contribution in [1.82, 2.24) is 15.3 Å². The van der Waals surface area contributed by atoms with Crippen molar-refractivity contribution in [2.75, 3.05) is 11.9 Å². The number of H-pyrrole nitrogens is 1. The Hall–Kier alpha value is -3.20. The van der Waals surface area contributed by atoms with Crippen LogP contribution in [0, 0.1) is 0 Å². The number of aliphatic hydroxyl groups is 1. The number of hydrogen-bond donors (Lipinski definition) is 4. The van der Waals surface area contributed by atoms with Gasteiger partial charge in [-0.05, 0) is 44.4 Å². The molecule has 0 aliphatic rings. The standard InChI is InChI=1S/C23H32N4O5/c1-6-11-32-19-10-9-15(25-23(31)20(13(4)28)24-14(5)29)12-17(19)21-26-18(8-3)16(7-2)22(30)27-21/h9-10,12-13,20,28H,6-8,11H2,1-5H3,(H,24,29)(H,25,31)(H,26,27,30). The molecule has 174 valence electrons. The molecule has 2 amide bonds. The number of nitrogens with one attached hydrogen (secondary N) is 3. The van der Waals surface area contributed by atoms with E-state index in [2.05, 4.69) is 20.6 Å². The molecule has 9 nitrogen and oxygen atoms in total. The van der Waals surface area contributed by atoms with E-state index in [1.165, 1.54) is 13.8 Å². The topological polar surface area (TPSA) is 133 Å². The summed E-state index contributed by atoms with van der Waals surface area (Å²) in [5.41, 5.74) is 2.09. The third kappa shape index (κ3) is 6.16. The number of aromatic nitrogens is 2. The van der Waals surface area contributed by atoms with Crippen LogP contribution in [0.2, 0.25) is 0 Å². The number of aromatic amines is 1. The van der Waals surface area contributed by atoms with Crippen LogP contribution >= 0.6 is 0 Å². The first-order chi connectivity index (χ1) is 15.2. The van der Waals surface area contributed by atoms with E-state index < -0.39 is 24.0 Å². The number of benzene rings is 1. The predicted octanol–water partition coefficient (Wildman–Crippen LogP) is 2.17. The molecular weight excluding hydrogens is 412 g/mol. The maximum Gasteiger partial charge on any atom is 0.254 e. The highest BCUT2D eigenvalue weighted by Crippen LogP contribution is 2.31. The third-order valence-corrected chi connectivity index (χ3v) is 4.88. The van der Waals surface area contributed by atoms with Gasteiger partial charge < -0.3 is 25.5 Å². The van der Waals surface area contributed by atoms with Gasteiger partial charge in [-0.15, -0.1) is 0 Å². The van der Waals surface area contributed by atoms with E-state index in [-0.39, 0.29) is 5.56 Å². The summed E-state index contributed by atoms with van der Waals surface area (Å²) in [4.78, 5) is 44.1. The molecule has 32 heavy (non-hydrogen) atoms. The van der Waals surface area contributed by atoms with E-state index in [1.807, 2.05) is 20.8 Å². The second-order valence-corrected chi connectivity index (χ2v) is 7.51. The van der Waals surface area contributed by atoms with Crippen LogP contribution in [-0.4, -0.2) is 45.6 Å². The minimum Gasteiger partial charge on any atom is -0.493 e. The highest BCUT2D eigenvalue weighted by atomic mass is 16.5. The van der Waals surface area contributed by atoms with Crippen LogP contribution in [0.5, 0.6) is 5.75 Å². The molecule has 2 atom stereocenters. The third-order valence-electron chi connectivity index (χ3n) is 4.88. The van der Waals surface area contributed by atoms with E-state index in [1.54, 1.807) is 18.2 Å². The number of amides is 2. The van der Waals surface area contributed by atoms with Gasteiger partial charge in [-0.2, -0.15) is 0 Å². The van der Waals surface area contributed by atoms with Crippen LogP contribution < -0.4 is 20.9 Å². The van der Waals surface area contributed by atoms with Crippen LogP contribution in [0.1, 0.15) is 52.3 Å². The molecular formula is C23H32N4O5. The first-order valence-electron chi connectivity index (χ1n) is 10.9. The maximum atomic E-state index is 12.6. The van der Waals surface area contributed by atoms with E-state index in [9.17, 15) is 19.5 Å². The fourth-order valence-electron chi connectivity index (χ4n) is 3.30. The van der Waals surface area contributed by atoms with Gasteiger partial charge >= 0.3 is 0 Å². The molecule has 1 aromatic heterocycles. The first kappa shape index (κ1) is 25.1. The zero-order valence-corrected chi connectivity index (χ0v) is 19.2. The lowest BCUT2D eigenvalue weighted by molar-refractivity contribution is -0.127. The van der Waals surface area contributed by atoms with E-state index in [4.69, 9.17) is 4.74 Å². The number of nitrogens with zero attached hydrogens (tertiary/aromatic N) is 1. The van der Waals surface area contributed by atoms with Crippen LogP contribution in [-0.2, 0) is 22.4 Å². The number of aliphatic hydroxyl groups excluding tert-OH is 1. The number of rotatable bonds is 10. The molecule has 0 bridgehead atoms. The Morgan fingerprint density at radius 3 is 2.50 bits per heavy atom. The lowest BCUT2D eigenvalue weighted by atomic mass is 10.1. The molecule has 0 saturated heterocycles. The maximum absolute atomic E-state index is 12.6. The minimum atomic E-state index is -1.11. The number of aryl methyl sites for hydroxylation is 1. The first-order valence-corrected chi connectivity index (χ1v) is 10.9. The number of hydrogen-bond acceptors (Lipinski definition) is 6. The van der Waals surface area contributed by atoms with Gasteiger partial charge in [0, 0.05) is 18.2 Å². The highest BCUT2D eigenvalue weighted by molar-refractivity contribution is 5.98. The van der Waals surface area contributed by atoms with Gasteiger partial charge in [-0.3, -0.25) is 14.4 Å². The van der Waals surface area contributed by atoms with Crippen LogP contribution in [0.3, 0.4) is 0 Å². The van der Waals surface area contributed by atoms with Gasteiger partial charge in [0.25, 0.3) is 5.56 Å². The smallest absolute Gasteiger partial charge is 0.254 e. The molecule has 2 aromatic rings. The van der Waals surface area contributed by atoms with Gasteiger partial charge in [-0.1, -0.05) is 20.8 Å². The van der Waals surface area contributed by atoms with Crippen LogP contribution in [0.15, 0.2) is 23.0 Å². The predicted molar refractivity (Wildman–Crippen MR) is 123 cm³/mol.